The number of hydrogen-bond donors (Lipinski definition) is 2. The van der Waals surface area contributed by atoms with Crippen molar-refractivity contribution in [1.29, 1.82) is 0 Å². The highest BCUT2D eigenvalue weighted by Gasteiger charge is 2.34. The normalized spacial score (nSPS) is 12.3. The molecule has 0 saturated carbocycles. The molecule has 1 amide bonds. The number of carbonyl (C=O) groups is 1. The van der Waals surface area contributed by atoms with Crippen LogP contribution in [0.3, 0.4) is 0 Å². The summed E-state index contributed by atoms with van der Waals surface area (Å²) >= 11 is 0. The van der Waals surface area contributed by atoms with Crippen LogP contribution in [0.2, 0.25) is 0 Å². The molecular weight excluding hydrogens is 287 g/mol. The minimum absolute atomic E-state index is 0.0609. The largest absolute Gasteiger partial charge is 0.475 e. The molecule has 0 aliphatic heterocycles. The average molecular weight is 305 g/mol. The Morgan fingerprint density at radius 3 is 2.29 bits per heavy atom. The van der Waals surface area contributed by atoms with Crippen molar-refractivity contribution < 1.29 is 22.7 Å². The summed E-state index contributed by atoms with van der Waals surface area (Å²) < 4.78 is 43.2. The summed E-state index contributed by atoms with van der Waals surface area (Å²) in [6.07, 6.45) is -3.51. The molecule has 0 aromatic carbocycles. The number of aromatic nitrogens is 1. The van der Waals surface area contributed by atoms with Crippen molar-refractivity contribution in [2.45, 2.75) is 38.4 Å². The Morgan fingerprint density at radius 1 is 1.29 bits per heavy atom. The lowest BCUT2D eigenvalue weighted by atomic mass is 9.96. The van der Waals surface area contributed by atoms with Gasteiger partial charge in [-0.2, -0.15) is 13.2 Å². The van der Waals surface area contributed by atoms with E-state index >= 15 is 0 Å². The summed E-state index contributed by atoms with van der Waals surface area (Å²) in [4.78, 5) is 14.6. The zero-order valence-electron chi connectivity index (χ0n) is 11.8. The van der Waals surface area contributed by atoms with Crippen LogP contribution in [0.25, 0.3) is 0 Å². The van der Waals surface area contributed by atoms with Crippen molar-refractivity contribution in [2.24, 2.45) is 11.5 Å². The molecule has 0 bridgehead atoms. The fraction of sp³-hybridized carbons (Fsp3) is 0.538. The molecule has 1 heterocycles. The van der Waals surface area contributed by atoms with Crippen LogP contribution in [0.1, 0.15) is 42.7 Å². The molecule has 1 rings (SSSR count). The predicted octanol–water partition coefficient (Wildman–Crippen LogP) is 2.10. The third-order valence-corrected chi connectivity index (χ3v) is 3.32. The number of alkyl halides is 3. The maximum Gasteiger partial charge on any atom is 0.433 e. The van der Waals surface area contributed by atoms with E-state index in [4.69, 9.17) is 16.2 Å². The van der Waals surface area contributed by atoms with E-state index in [-0.39, 0.29) is 12.2 Å². The lowest BCUT2D eigenvalue weighted by Crippen LogP contribution is -2.44. The molecule has 0 radical (unpaired) electrons. The molecule has 0 atom stereocenters. The van der Waals surface area contributed by atoms with E-state index in [1.165, 1.54) is 0 Å². The van der Waals surface area contributed by atoms with Crippen LogP contribution >= 0.6 is 0 Å². The number of carbonyl (C=O) groups excluding carboxylic acids is 1. The highest BCUT2D eigenvalue weighted by molar-refractivity contribution is 5.95. The average Bonchev–Trinajstić information content (AvgIpc) is 2.43. The van der Waals surface area contributed by atoms with Crippen molar-refractivity contribution in [3.8, 4) is 5.88 Å². The molecule has 1 aromatic heterocycles. The van der Waals surface area contributed by atoms with Crippen LogP contribution in [-0.2, 0) is 6.18 Å². The smallest absolute Gasteiger partial charge is 0.433 e. The molecule has 0 fully saturated rings. The van der Waals surface area contributed by atoms with Crippen molar-refractivity contribution in [1.82, 2.24) is 4.98 Å². The summed E-state index contributed by atoms with van der Waals surface area (Å²) in [5, 5.41) is 0. The second-order valence-corrected chi connectivity index (χ2v) is 4.77. The zero-order chi connectivity index (χ0) is 16.3. The van der Waals surface area contributed by atoms with Crippen LogP contribution in [-0.4, -0.2) is 23.0 Å². The van der Waals surface area contributed by atoms with Gasteiger partial charge in [0.05, 0.1) is 0 Å². The molecule has 0 unspecified atom stereocenters. The van der Waals surface area contributed by atoms with Gasteiger partial charge in [0.15, 0.2) is 0 Å². The third-order valence-electron chi connectivity index (χ3n) is 3.32. The van der Waals surface area contributed by atoms with E-state index in [1.807, 2.05) is 13.8 Å². The number of nitrogens with zero attached hydrogens (tertiary/aromatic N) is 1. The number of pyridine rings is 1. The molecule has 1 aromatic rings. The summed E-state index contributed by atoms with van der Waals surface area (Å²) in [5.41, 5.74) is 9.04. The summed E-state index contributed by atoms with van der Waals surface area (Å²) in [5.74, 6) is -1.36. The van der Waals surface area contributed by atoms with Gasteiger partial charge in [0.2, 0.25) is 5.88 Å². The minimum Gasteiger partial charge on any atom is -0.475 e. The fourth-order valence-electron chi connectivity index (χ4n) is 1.56. The van der Waals surface area contributed by atoms with Gasteiger partial charge < -0.3 is 16.2 Å². The van der Waals surface area contributed by atoms with Gasteiger partial charge in [-0.05, 0) is 25.0 Å². The van der Waals surface area contributed by atoms with Crippen molar-refractivity contribution in [3.63, 3.8) is 0 Å². The van der Waals surface area contributed by atoms with Crippen LogP contribution in [0.15, 0.2) is 12.1 Å². The number of halogens is 3. The fourth-order valence-corrected chi connectivity index (χ4v) is 1.56. The Labute approximate surface area is 120 Å². The Hall–Kier alpha value is -1.83. The lowest BCUT2D eigenvalue weighted by Gasteiger charge is -2.26. The number of amides is 1. The first kappa shape index (κ1) is 17.2. The monoisotopic (exact) mass is 305 g/mol. The van der Waals surface area contributed by atoms with E-state index in [0.717, 1.165) is 6.07 Å². The maximum atomic E-state index is 12.6. The molecular formula is C13H18F3N3O2. The third kappa shape index (κ3) is 4.32. The van der Waals surface area contributed by atoms with Crippen molar-refractivity contribution >= 4 is 5.91 Å². The Kier molecular flexibility index (Phi) is 5.16. The molecule has 0 aliphatic carbocycles. The van der Waals surface area contributed by atoms with Crippen LogP contribution in [0.5, 0.6) is 5.88 Å². The van der Waals surface area contributed by atoms with Gasteiger partial charge in [0.1, 0.15) is 17.9 Å². The van der Waals surface area contributed by atoms with Gasteiger partial charge in [-0.25, -0.2) is 4.98 Å². The van der Waals surface area contributed by atoms with E-state index in [2.05, 4.69) is 4.98 Å². The summed E-state index contributed by atoms with van der Waals surface area (Å²) in [6.45, 7) is 3.61. The minimum atomic E-state index is -4.64. The molecule has 5 nitrogen and oxygen atoms in total. The first-order valence-electron chi connectivity index (χ1n) is 6.42. The molecule has 4 N–H and O–H groups in total. The summed E-state index contributed by atoms with van der Waals surface area (Å²) in [7, 11) is 0. The summed E-state index contributed by atoms with van der Waals surface area (Å²) in [6, 6.07) is 1.63. The predicted molar refractivity (Wildman–Crippen MR) is 70.8 cm³/mol. The van der Waals surface area contributed by atoms with E-state index in [0.29, 0.717) is 18.9 Å². The Morgan fingerprint density at radius 2 is 1.86 bits per heavy atom. The molecule has 21 heavy (non-hydrogen) atoms. The molecule has 8 heteroatoms. The highest BCUT2D eigenvalue weighted by atomic mass is 19.4. The van der Waals surface area contributed by atoms with Crippen LogP contribution < -0.4 is 16.2 Å². The number of primary amides is 1. The second kappa shape index (κ2) is 6.30. The van der Waals surface area contributed by atoms with E-state index < -0.39 is 29.2 Å². The van der Waals surface area contributed by atoms with Crippen LogP contribution in [0.4, 0.5) is 13.2 Å². The Bertz CT molecular complexity index is 514. The van der Waals surface area contributed by atoms with Crippen molar-refractivity contribution in [3.05, 3.63) is 23.4 Å². The van der Waals surface area contributed by atoms with Gasteiger partial charge in [-0.3, -0.25) is 4.79 Å². The maximum absolute atomic E-state index is 12.6. The van der Waals surface area contributed by atoms with Gasteiger partial charge in [-0.1, -0.05) is 13.8 Å². The molecule has 0 spiro atoms. The number of rotatable bonds is 6. The lowest BCUT2D eigenvalue weighted by molar-refractivity contribution is -0.141. The second-order valence-electron chi connectivity index (χ2n) is 4.77. The quantitative estimate of drug-likeness (QED) is 0.842. The molecule has 0 saturated heterocycles. The first-order valence-corrected chi connectivity index (χ1v) is 6.42. The number of nitrogens with two attached hydrogens (primary N) is 2. The molecule has 118 valence electrons. The number of hydrogen-bond acceptors (Lipinski definition) is 4. The number of ether oxygens (including phenoxy) is 1. The standard InChI is InChI=1S/C13H18F3N3O2/c1-3-12(18,4-2)7-21-11-8(10(17)20)5-6-9(19-11)13(14,15)16/h5-6H,3-4,7,18H2,1-2H3,(H2,17,20). The van der Waals surface area contributed by atoms with Crippen LogP contribution in [0, 0.1) is 0 Å². The SMILES string of the molecule is CCC(N)(CC)COc1nc(C(F)(F)F)ccc1C(N)=O. The topological polar surface area (TPSA) is 91.2 Å². The van der Waals surface area contributed by atoms with Gasteiger partial charge in [0.25, 0.3) is 5.91 Å². The van der Waals surface area contributed by atoms with Gasteiger partial charge in [0, 0.05) is 5.54 Å². The van der Waals surface area contributed by atoms with E-state index in [9.17, 15) is 18.0 Å². The highest BCUT2D eigenvalue weighted by Crippen LogP contribution is 2.30. The van der Waals surface area contributed by atoms with Gasteiger partial charge in [-0.15, -0.1) is 0 Å². The zero-order valence-corrected chi connectivity index (χ0v) is 11.8. The molecule has 0 aliphatic rings. The van der Waals surface area contributed by atoms with E-state index in [1.54, 1.807) is 0 Å². The Balaban J connectivity index is 3.10. The van der Waals surface area contributed by atoms with Crippen molar-refractivity contribution in [2.75, 3.05) is 6.61 Å². The first-order chi connectivity index (χ1) is 9.63. The van der Waals surface area contributed by atoms with Gasteiger partial charge >= 0.3 is 6.18 Å².